The van der Waals surface area contributed by atoms with Crippen molar-refractivity contribution in [3.05, 3.63) is 57.6 Å². The lowest BCUT2D eigenvalue weighted by Crippen LogP contribution is -2.42. The second-order valence-corrected chi connectivity index (χ2v) is 11.3. The Morgan fingerprint density at radius 2 is 1.43 bits per heavy atom. The molecule has 9 heteroatoms. The number of carbonyl (C=O) groups is 3. The van der Waals surface area contributed by atoms with Crippen molar-refractivity contribution < 1.29 is 23.2 Å². The van der Waals surface area contributed by atoms with Crippen molar-refractivity contribution in [2.75, 3.05) is 19.6 Å². The maximum Gasteiger partial charge on any atom is 0.253 e. The highest BCUT2D eigenvalue weighted by Gasteiger charge is 2.48. The summed E-state index contributed by atoms with van der Waals surface area (Å²) in [5, 5.41) is 0.897. The number of alkyl halides is 2. The molecular formula is C28H28Cl2F2N2O3. The number of hydrogen-bond donors (Lipinski definition) is 0. The molecule has 1 saturated carbocycles. The van der Waals surface area contributed by atoms with Crippen LogP contribution in [0, 0.1) is 5.41 Å². The number of benzene rings is 2. The largest absolute Gasteiger partial charge is 0.338 e. The van der Waals surface area contributed by atoms with Gasteiger partial charge in [0.1, 0.15) is 5.78 Å². The third-order valence-corrected chi connectivity index (χ3v) is 8.78. The first-order valence-electron chi connectivity index (χ1n) is 12.6. The first kappa shape index (κ1) is 26.1. The van der Waals surface area contributed by atoms with Crippen LogP contribution in [0.1, 0.15) is 60.9 Å². The monoisotopic (exact) mass is 548 g/mol. The van der Waals surface area contributed by atoms with Gasteiger partial charge in [-0.2, -0.15) is 0 Å². The van der Waals surface area contributed by atoms with Crippen LogP contribution in [0.4, 0.5) is 8.78 Å². The molecule has 0 N–H and O–H groups in total. The summed E-state index contributed by atoms with van der Waals surface area (Å²) in [5.41, 5.74) is 2.26. The topological polar surface area (TPSA) is 57.7 Å². The molecule has 5 nitrogen and oxygen atoms in total. The van der Waals surface area contributed by atoms with Gasteiger partial charge in [-0.15, -0.1) is 0 Å². The summed E-state index contributed by atoms with van der Waals surface area (Å²) in [6.45, 7) is 1.01. The molecule has 0 bridgehead atoms. The van der Waals surface area contributed by atoms with Crippen molar-refractivity contribution in [1.29, 1.82) is 0 Å². The zero-order valence-corrected chi connectivity index (χ0v) is 21.9. The third-order valence-electron chi connectivity index (χ3n) is 8.10. The fourth-order valence-electron chi connectivity index (χ4n) is 5.65. The summed E-state index contributed by atoms with van der Waals surface area (Å²) in [4.78, 5) is 40.8. The Morgan fingerprint density at radius 3 is 2.03 bits per heavy atom. The van der Waals surface area contributed by atoms with Gasteiger partial charge in [0, 0.05) is 73.0 Å². The quantitative estimate of drug-likeness (QED) is 0.444. The Bertz CT molecular complexity index is 1210. The number of nitrogens with zero attached hydrogens (tertiary/aromatic N) is 2. The number of Topliss-reactive ketones (excluding diaryl/α,β-unsaturated/α-hetero) is 1. The van der Waals surface area contributed by atoms with Crippen LogP contribution in [0.25, 0.3) is 11.1 Å². The molecule has 1 spiro atoms. The maximum absolute atomic E-state index is 13.4. The van der Waals surface area contributed by atoms with E-state index in [2.05, 4.69) is 0 Å². The molecule has 3 fully saturated rings. The van der Waals surface area contributed by atoms with E-state index in [1.807, 2.05) is 0 Å². The van der Waals surface area contributed by atoms with Gasteiger partial charge in [-0.05, 0) is 54.7 Å². The lowest BCUT2D eigenvalue weighted by atomic mass is 9.72. The Kier molecular flexibility index (Phi) is 7.05. The third kappa shape index (κ3) is 5.26. The van der Waals surface area contributed by atoms with E-state index < -0.39 is 11.3 Å². The summed E-state index contributed by atoms with van der Waals surface area (Å²) in [5.74, 6) is -2.66. The van der Waals surface area contributed by atoms with Gasteiger partial charge in [0.2, 0.25) is 5.91 Å². The summed E-state index contributed by atoms with van der Waals surface area (Å²) >= 11 is 13.2. The predicted octanol–water partition coefficient (Wildman–Crippen LogP) is 6.39. The molecule has 2 aromatic carbocycles. The van der Waals surface area contributed by atoms with E-state index >= 15 is 0 Å². The number of halogens is 4. The van der Waals surface area contributed by atoms with E-state index in [0.29, 0.717) is 59.9 Å². The van der Waals surface area contributed by atoms with E-state index in [4.69, 9.17) is 23.2 Å². The highest BCUT2D eigenvalue weighted by molar-refractivity contribution is 6.36. The Labute approximate surface area is 224 Å². The molecule has 1 aliphatic carbocycles. The SMILES string of the molecule is O=C1CCC2(CC1)CCN(Cc1c(Cl)cc(-c3ccc(C(=O)N4CCC(F)(F)CC4)cc3)cc1Cl)C2=O. The minimum atomic E-state index is -2.70. The minimum absolute atomic E-state index is 0.0407. The number of hydrogen-bond acceptors (Lipinski definition) is 3. The van der Waals surface area contributed by atoms with Crippen molar-refractivity contribution in [3.63, 3.8) is 0 Å². The van der Waals surface area contributed by atoms with Crippen molar-refractivity contribution >= 4 is 40.8 Å². The summed E-state index contributed by atoms with van der Waals surface area (Å²) in [7, 11) is 0. The molecule has 2 aliphatic heterocycles. The molecule has 2 amide bonds. The molecule has 0 unspecified atom stereocenters. The first-order chi connectivity index (χ1) is 17.6. The van der Waals surface area contributed by atoms with Crippen molar-refractivity contribution in [3.8, 4) is 11.1 Å². The van der Waals surface area contributed by atoms with Gasteiger partial charge >= 0.3 is 0 Å². The summed E-state index contributed by atoms with van der Waals surface area (Å²) < 4.78 is 26.8. The van der Waals surface area contributed by atoms with Crippen molar-refractivity contribution in [2.24, 2.45) is 5.41 Å². The predicted molar refractivity (Wildman–Crippen MR) is 138 cm³/mol. The zero-order chi connectivity index (χ0) is 26.4. The standard InChI is InChI=1S/C28H28Cl2F2N2O3/c29-23-15-20(18-1-3-19(4-2-18)25(36)33-13-10-28(31,32)11-14-33)16-24(30)22(23)17-34-12-9-27(26(34)37)7-5-21(35)6-8-27/h1-4,15-16H,5-14,17H2. The fourth-order valence-corrected chi connectivity index (χ4v) is 6.26. The van der Waals surface area contributed by atoms with E-state index in [1.165, 1.54) is 4.90 Å². The number of ketones is 1. The Morgan fingerprint density at radius 1 is 0.838 bits per heavy atom. The molecular weight excluding hydrogens is 521 g/mol. The zero-order valence-electron chi connectivity index (χ0n) is 20.4. The Balaban J connectivity index is 1.27. The fraction of sp³-hybridized carbons (Fsp3) is 0.464. The highest BCUT2D eigenvalue weighted by Crippen LogP contribution is 2.45. The van der Waals surface area contributed by atoms with Gasteiger partial charge in [0.05, 0.1) is 5.41 Å². The van der Waals surface area contributed by atoms with Crippen molar-refractivity contribution in [1.82, 2.24) is 9.80 Å². The average Bonchev–Trinajstić information content (AvgIpc) is 3.17. The molecule has 5 rings (SSSR count). The molecule has 0 aromatic heterocycles. The van der Waals surface area contributed by atoms with Gasteiger partial charge in [0.15, 0.2) is 0 Å². The number of carbonyl (C=O) groups excluding carboxylic acids is 3. The van der Waals surface area contributed by atoms with Gasteiger partial charge in [-0.25, -0.2) is 8.78 Å². The van der Waals surface area contributed by atoms with E-state index in [-0.39, 0.29) is 43.5 Å². The van der Waals surface area contributed by atoms with Gasteiger partial charge in [-0.1, -0.05) is 35.3 Å². The second-order valence-electron chi connectivity index (χ2n) is 10.4. The molecule has 2 saturated heterocycles. The maximum atomic E-state index is 13.4. The molecule has 0 radical (unpaired) electrons. The van der Waals surface area contributed by atoms with Crippen LogP contribution in [0.2, 0.25) is 10.0 Å². The molecule has 0 atom stereocenters. The smallest absolute Gasteiger partial charge is 0.253 e. The second kappa shape index (κ2) is 9.99. The van der Waals surface area contributed by atoms with Crippen LogP contribution < -0.4 is 0 Å². The van der Waals surface area contributed by atoms with Crippen LogP contribution in [-0.2, 0) is 16.1 Å². The van der Waals surface area contributed by atoms with Crippen LogP contribution in [0.5, 0.6) is 0 Å². The minimum Gasteiger partial charge on any atom is -0.338 e. The van der Waals surface area contributed by atoms with Crippen LogP contribution in [0.15, 0.2) is 36.4 Å². The molecule has 2 heterocycles. The number of rotatable bonds is 4. The lowest BCUT2D eigenvalue weighted by molar-refractivity contribution is -0.139. The molecule has 3 aliphatic rings. The van der Waals surface area contributed by atoms with Gasteiger partial charge < -0.3 is 9.80 Å². The molecule has 196 valence electrons. The number of likely N-dealkylation sites (tertiary alicyclic amines) is 2. The summed E-state index contributed by atoms with van der Waals surface area (Å²) in [6, 6.07) is 10.5. The van der Waals surface area contributed by atoms with Crippen LogP contribution >= 0.6 is 23.2 Å². The average molecular weight is 549 g/mol. The van der Waals surface area contributed by atoms with Crippen LogP contribution in [0.3, 0.4) is 0 Å². The first-order valence-corrected chi connectivity index (χ1v) is 13.4. The molecule has 2 aromatic rings. The lowest BCUT2D eigenvalue weighted by Gasteiger charge is -2.31. The number of amides is 2. The van der Waals surface area contributed by atoms with E-state index in [9.17, 15) is 23.2 Å². The number of piperidine rings is 1. The van der Waals surface area contributed by atoms with E-state index in [1.54, 1.807) is 41.3 Å². The highest BCUT2D eigenvalue weighted by atomic mass is 35.5. The van der Waals surface area contributed by atoms with E-state index in [0.717, 1.165) is 17.5 Å². The molecule has 37 heavy (non-hydrogen) atoms. The summed E-state index contributed by atoms with van der Waals surface area (Å²) in [6.07, 6.45) is 2.28. The van der Waals surface area contributed by atoms with Gasteiger partial charge in [-0.3, -0.25) is 14.4 Å². The normalized spacial score (nSPS) is 21.1. The van der Waals surface area contributed by atoms with Gasteiger partial charge in [0.25, 0.3) is 11.8 Å². The van der Waals surface area contributed by atoms with Crippen molar-refractivity contribution in [2.45, 2.75) is 57.4 Å². The Hall–Kier alpha value is -2.51. The van der Waals surface area contributed by atoms with Crippen LogP contribution in [-0.4, -0.2) is 53.0 Å².